The molecule has 0 amide bonds. The Bertz CT molecular complexity index is 1740. The van der Waals surface area contributed by atoms with Crippen LogP contribution in [0.15, 0.2) is 72.0 Å². The summed E-state index contributed by atoms with van der Waals surface area (Å²) in [6.45, 7) is 6.93. The standard InChI is InChI=1S/C33H33Cl2N7O2/c1-19-10-12-21(40-19)17-36-16-20-11-13-26(41-32(20)43-2)24-8-4-6-22(28(24)34)23-7-5-9-25(29(23)35)27-18-39-30(33(42-27)44-3)31-37-14-15-38-31/h4-9,11,13,18,21,36,40H,1,10,12,14-17H2,2-3H3,(H,37,38)/t21-/m0/s1. The van der Waals surface area contributed by atoms with Crippen LogP contribution >= 0.6 is 23.2 Å². The monoisotopic (exact) mass is 629 g/mol. The van der Waals surface area contributed by atoms with Crippen molar-refractivity contribution in [3.05, 3.63) is 88.3 Å². The van der Waals surface area contributed by atoms with Crippen LogP contribution in [-0.2, 0) is 6.54 Å². The maximum atomic E-state index is 7.06. The lowest BCUT2D eigenvalue weighted by Crippen LogP contribution is -2.33. The van der Waals surface area contributed by atoms with Gasteiger partial charge in [0.15, 0.2) is 11.5 Å². The number of methoxy groups -OCH3 is 2. The van der Waals surface area contributed by atoms with Gasteiger partial charge in [-0.15, -0.1) is 0 Å². The Hall–Kier alpha value is -4.18. The van der Waals surface area contributed by atoms with Gasteiger partial charge in [-0.05, 0) is 18.9 Å². The Balaban J connectivity index is 1.27. The summed E-state index contributed by atoms with van der Waals surface area (Å²) in [6.07, 6.45) is 3.78. The highest BCUT2D eigenvalue weighted by Gasteiger charge is 2.21. The fourth-order valence-corrected chi connectivity index (χ4v) is 6.13. The van der Waals surface area contributed by atoms with Gasteiger partial charge in [0, 0.05) is 59.2 Å². The molecule has 0 aliphatic carbocycles. The molecule has 0 unspecified atom stereocenters. The molecular weight excluding hydrogens is 597 g/mol. The van der Waals surface area contributed by atoms with Crippen molar-refractivity contribution in [2.24, 2.45) is 4.99 Å². The molecule has 0 radical (unpaired) electrons. The zero-order valence-corrected chi connectivity index (χ0v) is 26.1. The third-order valence-electron chi connectivity index (χ3n) is 7.71. The van der Waals surface area contributed by atoms with E-state index in [4.69, 9.17) is 42.6 Å². The molecule has 44 heavy (non-hydrogen) atoms. The molecular formula is C33H33Cl2N7O2. The van der Waals surface area contributed by atoms with Gasteiger partial charge in [0.05, 0.1) is 48.4 Å². The van der Waals surface area contributed by atoms with E-state index in [1.807, 2.05) is 48.5 Å². The van der Waals surface area contributed by atoms with Crippen LogP contribution in [0.25, 0.3) is 33.6 Å². The summed E-state index contributed by atoms with van der Waals surface area (Å²) in [6, 6.07) is 16.0. The zero-order valence-electron chi connectivity index (χ0n) is 24.6. The van der Waals surface area contributed by atoms with Gasteiger partial charge in [0.2, 0.25) is 11.8 Å². The molecule has 2 aromatic heterocycles. The molecule has 2 aliphatic heterocycles. The van der Waals surface area contributed by atoms with Crippen LogP contribution in [0, 0.1) is 0 Å². The Morgan fingerprint density at radius 2 is 1.59 bits per heavy atom. The number of ether oxygens (including phenoxy) is 2. The summed E-state index contributed by atoms with van der Waals surface area (Å²) in [5.74, 6) is 1.60. The molecule has 0 spiro atoms. The van der Waals surface area contributed by atoms with Crippen molar-refractivity contribution < 1.29 is 9.47 Å². The smallest absolute Gasteiger partial charge is 0.244 e. The van der Waals surface area contributed by atoms with Crippen LogP contribution in [0.5, 0.6) is 11.8 Å². The minimum atomic E-state index is 0.372. The van der Waals surface area contributed by atoms with E-state index < -0.39 is 0 Å². The molecule has 1 saturated heterocycles. The molecule has 4 heterocycles. The van der Waals surface area contributed by atoms with Gasteiger partial charge in [-0.2, -0.15) is 0 Å². The van der Waals surface area contributed by atoms with Gasteiger partial charge in [0.1, 0.15) is 0 Å². The average Bonchev–Trinajstić information content (AvgIpc) is 3.73. The summed E-state index contributed by atoms with van der Waals surface area (Å²) >= 11 is 14.1. The lowest BCUT2D eigenvalue weighted by Gasteiger charge is -2.16. The summed E-state index contributed by atoms with van der Waals surface area (Å²) in [4.78, 5) is 18.5. The largest absolute Gasteiger partial charge is 0.481 e. The van der Waals surface area contributed by atoms with E-state index in [1.54, 1.807) is 20.4 Å². The average molecular weight is 631 g/mol. The number of hydrogen-bond donors (Lipinski definition) is 3. The molecule has 4 aromatic rings. The number of nitrogens with one attached hydrogen (secondary N) is 3. The van der Waals surface area contributed by atoms with Gasteiger partial charge in [-0.3, -0.25) is 4.99 Å². The van der Waals surface area contributed by atoms with E-state index in [0.717, 1.165) is 53.9 Å². The first kappa shape index (κ1) is 29.9. The molecule has 3 N–H and O–H groups in total. The molecule has 0 saturated carbocycles. The first-order valence-corrected chi connectivity index (χ1v) is 15.2. The van der Waals surface area contributed by atoms with E-state index in [-0.39, 0.29) is 0 Å². The van der Waals surface area contributed by atoms with Crippen molar-refractivity contribution in [2.45, 2.75) is 25.4 Å². The number of allylic oxidation sites excluding steroid dienone is 1. The molecule has 9 nitrogen and oxygen atoms in total. The van der Waals surface area contributed by atoms with Crippen molar-refractivity contribution in [3.8, 4) is 45.4 Å². The van der Waals surface area contributed by atoms with Gasteiger partial charge in [-0.1, -0.05) is 72.2 Å². The Labute approximate surface area is 266 Å². The summed E-state index contributed by atoms with van der Waals surface area (Å²) in [5, 5.41) is 11.2. The van der Waals surface area contributed by atoms with Crippen molar-refractivity contribution in [1.82, 2.24) is 30.9 Å². The van der Waals surface area contributed by atoms with Gasteiger partial charge in [-0.25, -0.2) is 15.0 Å². The van der Waals surface area contributed by atoms with Crippen molar-refractivity contribution in [2.75, 3.05) is 33.9 Å². The molecule has 1 atom stereocenters. The van der Waals surface area contributed by atoms with Crippen LogP contribution < -0.4 is 25.4 Å². The number of benzene rings is 2. The van der Waals surface area contributed by atoms with Gasteiger partial charge in [0.25, 0.3) is 0 Å². The summed E-state index contributed by atoms with van der Waals surface area (Å²) < 4.78 is 11.2. The molecule has 1 fully saturated rings. The predicted molar refractivity (Wildman–Crippen MR) is 176 cm³/mol. The maximum absolute atomic E-state index is 7.06. The summed E-state index contributed by atoms with van der Waals surface area (Å²) in [5.41, 5.74) is 6.93. The van der Waals surface area contributed by atoms with Crippen LogP contribution in [-0.4, -0.2) is 60.7 Å². The maximum Gasteiger partial charge on any atom is 0.244 e. The molecule has 2 aromatic carbocycles. The second-order valence-electron chi connectivity index (χ2n) is 10.6. The normalized spacial score (nSPS) is 16.0. The SMILES string of the molecule is C=C1CC[C@@H](CNCc2ccc(-c3cccc(-c4cccc(-c5cnc(C6=NCCN6)c(OC)n5)c4Cl)c3Cl)nc2OC)N1. The number of nitrogens with zero attached hydrogens (tertiary/aromatic N) is 4. The Morgan fingerprint density at radius 1 is 0.909 bits per heavy atom. The summed E-state index contributed by atoms with van der Waals surface area (Å²) in [7, 11) is 3.19. The highest BCUT2D eigenvalue weighted by atomic mass is 35.5. The fraction of sp³-hybridized carbons (Fsp3) is 0.273. The van der Waals surface area contributed by atoms with E-state index in [1.165, 1.54) is 0 Å². The number of aliphatic imine (C=N–C) groups is 1. The molecule has 2 aliphatic rings. The Kier molecular flexibility index (Phi) is 8.97. The fourth-order valence-electron chi connectivity index (χ4n) is 5.48. The van der Waals surface area contributed by atoms with Crippen LogP contribution in [0.2, 0.25) is 10.0 Å². The molecule has 6 rings (SSSR count). The second kappa shape index (κ2) is 13.2. The van der Waals surface area contributed by atoms with Crippen molar-refractivity contribution >= 4 is 29.0 Å². The van der Waals surface area contributed by atoms with Crippen LogP contribution in [0.1, 0.15) is 24.1 Å². The number of aromatic nitrogens is 3. The second-order valence-corrected chi connectivity index (χ2v) is 11.3. The van der Waals surface area contributed by atoms with E-state index in [2.05, 4.69) is 32.5 Å². The Morgan fingerprint density at radius 3 is 2.23 bits per heavy atom. The van der Waals surface area contributed by atoms with Crippen LogP contribution in [0.3, 0.4) is 0 Å². The minimum Gasteiger partial charge on any atom is -0.481 e. The number of hydrogen-bond acceptors (Lipinski definition) is 9. The van der Waals surface area contributed by atoms with Crippen LogP contribution in [0.4, 0.5) is 0 Å². The molecule has 11 heteroatoms. The number of halogens is 2. The lowest BCUT2D eigenvalue weighted by atomic mass is 9.98. The van der Waals surface area contributed by atoms with Crippen molar-refractivity contribution in [3.63, 3.8) is 0 Å². The highest BCUT2D eigenvalue weighted by molar-refractivity contribution is 6.39. The first-order valence-electron chi connectivity index (χ1n) is 14.4. The lowest BCUT2D eigenvalue weighted by molar-refractivity contribution is 0.390. The number of pyridine rings is 1. The third-order valence-corrected chi connectivity index (χ3v) is 8.53. The topological polar surface area (TPSA) is 106 Å². The van der Waals surface area contributed by atoms with Gasteiger partial charge < -0.3 is 25.4 Å². The van der Waals surface area contributed by atoms with Gasteiger partial charge >= 0.3 is 0 Å². The highest BCUT2D eigenvalue weighted by Crippen LogP contribution is 2.42. The van der Waals surface area contributed by atoms with E-state index >= 15 is 0 Å². The first-order chi connectivity index (χ1) is 21.5. The quantitative estimate of drug-likeness (QED) is 0.199. The zero-order chi connectivity index (χ0) is 30.6. The van der Waals surface area contributed by atoms with Crippen molar-refractivity contribution in [1.29, 1.82) is 0 Å². The molecule has 0 bridgehead atoms. The predicted octanol–water partition coefficient (Wildman–Crippen LogP) is 5.90. The minimum absolute atomic E-state index is 0.372. The number of amidine groups is 1. The van der Waals surface area contributed by atoms with E-state index in [0.29, 0.717) is 69.4 Å². The third kappa shape index (κ3) is 6.08. The molecule has 226 valence electrons. The number of rotatable bonds is 10. The van der Waals surface area contributed by atoms with E-state index in [9.17, 15) is 0 Å².